The van der Waals surface area contributed by atoms with Crippen LogP contribution >= 0.6 is 0 Å². The topological polar surface area (TPSA) is 73.8 Å². The van der Waals surface area contributed by atoms with Gasteiger partial charge in [0, 0.05) is 26.8 Å². The molecule has 1 fully saturated rings. The molecule has 0 spiro atoms. The molecule has 0 N–H and O–H groups in total. The number of carbonyl (C=O) groups is 3. The van der Waals surface area contributed by atoms with Gasteiger partial charge in [-0.1, -0.05) is 19.9 Å². The van der Waals surface area contributed by atoms with E-state index < -0.39 is 6.04 Å². The summed E-state index contributed by atoms with van der Waals surface area (Å²) in [6, 6.07) is 4.46. The number of pyridine rings is 1. The van der Waals surface area contributed by atoms with Crippen LogP contribution in [0.25, 0.3) is 0 Å². The molecule has 130 valence electrons. The van der Waals surface area contributed by atoms with Crippen LogP contribution in [0.15, 0.2) is 24.4 Å². The van der Waals surface area contributed by atoms with Gasteiger partial charge in [-0.05, 0) is 18.1 Å². The minimum Gasteiger partial charge on any atom is -0.336 e. The quantitative estimate of drug-likeness (QED) is 0.737. The second kappa shape index (κ2) is 7.42. The van der Waals surface area contributed by atoms with Gasteiger partial charge in [0.2, 0.25) is 5.91 Å². The van der Waals surface area contributed by atoms with Crippen molar-refractivity contribution in [1.29, 1.82) is 0 Å². The molecule has 0 radical (unpaired) electrons. The molecule has 1 atom stereocenters. The highest BCUT2D eigenvalue weighted by molar-refractivity contribution is 6.05. The summed E-state index contributed by atoms with van der Waals surface area (Å²) < 4.78 is 0. The van der Waals surface area contributed by atoms with E-state index in [0.717, 1.165) is 10.6 Å². The van der Waals surface area contributed by atoms with Gasteiger partial charge >= 0.3 is 6.03 Å². The fraction of sp³-hybridized carbons (Fsp3) is 0.529. The number of likely N-dealkylation sites (N-methyl/N-ethyl adjacent to an activating group) is 2. The van der Waals surface area contributed by atoms with E-state index in [1.54, 1.807) is 18.1 Å². The summed E-state index contributed by atoms with van der Waals surface area (Å²) in [4.78, 5) is 45.1. The fourth-order valence-corrected chi connectivity index (χ4v) is 2.75. The third-order valence-corrected chi connectivity index (χ3v) is 4.06. The van der Waals surface area contributed by atoms with Crippen molar-refractivity contribution >= 4 is 17.8 Å². The molecule has 7 heteroatoms. The number of rotatable bonds is 6. The van der Waals surface area contributed by atoms with Crippen molar-refractivity contribution in [2.75, 3.05) is 20.6 Å². The maximum absolute atomic E-state index is 12.7. The molecule has 0 saturated carbocycles. The van der Waals surface area contributed by atoms with Crippen molar-refractivity contribution in [3.8, 4) is 0 Å². The first kappa shape index (κ1) is 17.9. The van der Waals surface area contributed by atoms with E-state index in [-0.39, 0.29) is 24.3 Å². The number of imide groups is 1. The van der Waals surface area contributed by atoms with Gasteiger partial charge in [-0.3, -0.25) is 19.5 Å². The first-order valence-electron chi connectivity index (χ1n) is 8.03. The number of hydrogen-bond donors (Lipinski definition) is 0. The van der Waals surface area contributed by atoms with Crippen molar-refractivity contribution in [3.05, 3.63) is 30.1 Å². The lowest BCUT2D eigenvalue weighted by atomic mass is 10.1. The standard InChI is InChI=1S/C17H24N4O3/c1-12(2)10-21(11-13-7-5-6-8-18-13)15(22)9-14-16(23)20(4)17(24)19(14)3/h5-8,12,14H,9-11H2,1-4H3. The molecule has 0 aliphatic carbocycles. The smallest absolute Gasteiger partial charge is 0.326 e. The Morgan fingerprint density at radius 3 is 2.50 bits per heavy atom. The Morgan fingerprint density at radius 2 is 2.00 bits per heavy atom. The highest BCUT2D eigenvalue weighted by Crippen LogP contribution is 2.18. The largest absolute Gasteiger partial charge is 0.336 e. The van der Waals surface area contributed by atoms with E-state index in [0.29, 0.717) is 19.0 Å². The summed E-state index contributed by atoms with van der Waals surface area (Å²) >= 11 is 0. The Kier molecular flexibility index (Phi) is 5.54. The van der Waals surface area contributed by atoms with Gasteiger partial charge in [0.05, 0.1) is 18.7 Å². The molecule has 1 aliphatic rings. The lowest BCUT2D eigenvalue weighted by Gasteiger charge is -2.26. The highest BCUT2D eigenvalue weighted by Gasteiger charge is 2.42. The van der Waals surface area contributed by atoms with Gasteiger partial charge in [-0.25, -0.2) is 4.79 Å². The summed E-state index contributed by atoms with van der Waals surface area (Å²) in [5.74, 6) is -0.195. The van der Waals surface area contributed by atoms with Crippen molar-refractivity contribution in [2.45, 2.75) is 32.9 Å². The maximum atomic E-state index is 12.7. The molecule has 0 aromatic carbocycles. The predicted molar refractivity (Wildman–Crippen MR) is 88.8 cm³/mol. The number of hydrogen-bond acceptors (Lipinski definition) is 4. The third-order valence-electron chi connectivity index (χ3n) is 4.06. The van der Waals surface area contributed by atoms with Crippen LogP contribution in [-0.2, 0) is 16.1 Å². The number of urea groups is 1. The van der Waals surface area contributed by atoms with E-state index in [1.807, 2.05) is 32.0 Å². The summed E-state index contributed by atoms with van der Waals surface area (Å²) in [5, 5.41) is 0. The maximum Gasteiger partial charge on any atom is 0.326 e. The van der Waals surface area contributed by atoms with Crippen LogP contribution in [0, 0.1) is 5.92 Å². The second-order valence-electron chi connectivity index (χ2n) is 6.50. The van der Waals surface area contributed by atoms with Crippen LogP contribution in [-0.4, -0.2) is 64.2 Å². The first-order chi connectivity index (χ1) is 11.3. The molecular weight excluding hydrogens is 308 g/mol. The fourth-order valence-electron chi connectivity index (χ4n) is 2.75. The molecule has 7 nitrogen and oxygen atoms in total. The minimum atomic E-state index is -0.728. The Labute approximate surface area is 142 Å². The van der Waals surface area contributed by atoms with Gasteiger partial charge in [0.1, 0.15) is 6.04 Å². The Hall–Kier alpha value is -2.44. The van der Waals surface area contributed by atoms with Crippen molar-refractivity contribution in [2.24, 2.45) is 5.92 Å². The third kappa shape index (κ3) is 3.90. The molecule has 1 aromatic rings. The highest BCUT2D eigenvalue weighted by atomic mass is 16.2. The molecule has 2 heterocycles. The Balaban J connectivity index is 2.10. The van der Waals surface area contributed by atoms with Gasteiger partial charge in [-0.15, -0.1) is 0 Å². The van der Waals surface area contributed by atoms with Gasteiger partial charge in [0.15, 0.2) is 0 Å². The molecule has 1 saturated heterocycles. The first-order valence-corrected chi connectivity index (χ1v) is 8.03. The van der Waals surface area contributed by atoms with Crippen molar-refractivity contribution in [1.82, 2.24) is 19.7 Å². The van der Waals surface area contributed by atoms with Crippen LogP contribution in [0.3, 0.4) is 0 Å². The molecule has 24 heavy (non-hydrogen) atoms. The molecule has 1 aromatic heterocycles. The van der Waals surface area contributed by atoms with Gasteiger partial charge in [0.25, 0.3) is 5.91 Å². The van der Waals surface area contributed by atoms with E-state index in [2.05, 4.69) is 4.98 Å². The monoisotopic (exact) mass is 332 g/mol. The lowest BCUT2D eigenvalue weighted by Crippen LogP contribution is -2.40. The minimum absolute atomic E-state index is 0.00896. The van der Waals surface area contributed by atoms with E-state index in [4.69, 9.17) is 0 Å². The SMILES string of the molecule is CC(C)CN(Cc1ccccn1)C(=O)CC1C(=O)N(C)C(=O)N1C. The molecule has 2 rings (SSSR count). The predicted octanol–water partition coefficient (Wildman–Crippen LogP) is 1.35. The van der Waals surface area contributed by atoms with Crippen LogP contribution in [0.4, 0.5) is 4.79 Å². The van der Waals surface area contributed by atoms with E-state index >= 15 is 0 Å². The number of aromatic nitrogens is 1. The van der Waals surface area contributed by atoms with Gasteiger partial charge < -0.3 is 9.80 Å². The average molecular weight is 332 g/mol. The van der Waals surface area contributed by atoms with Crippen LogP contribution in [0.1, 0.15) is 26.0 Å². The van der Waals surface area contributed by atoms with Crippen LogP contribution in [0.5, 0.6) is 0 Å². The van der Waals surface area contributed by atoms with Gasteiger partial charge in [-0.2, -0.15) is 0 Å². The normalized spacial score (nSPS) is 17.8. The number of amides is 4. The average Bonchev–Trinajstić information content (AvgIpc) is 2.72. The summed E-state index contributed by atoms with van der Waals surface area (Å²) in [6.45, 7) is 5.03. The van der Waals surface area contributed by atoms with Crippen LogP contribution in [0.2, 0.25) is 0 Å². The molecule has 1 aliphatic heterocycles. The lowest BCUT2D eigenvalue weighted by molar-refractivity contribution is -0.137. The Bertz CT molecular complexity index is 618. The number of carbonyl (C=O) groups excluding carboxylic acids is 3. The zero-order valence-corrected chi connectivity index (χ0v) is 14.6. The molecule has 0 bridgehead atoms. The zero-order chi connectivity index (χ0) is 17.9. The van der Waals surface area contributed by atoms with E-state index in [9.17, 15) is 14.4 Å². The van der Waals surface area contributed by atoms with E-state index in [1.165, 1.54) is 11.9 Å². The van der Waals surface area contributed by atoms with Crippen molar-refractivity contribution < 1.29 is 14.4 Å². The zero-order valence-electron chi connectivity index (χ0n) is 14.6. The molecule has 4 amide bonds. The molecule has 1 unspecified atom stereocenters. The van der Waals surface area contributed by atoms with Crippen LogP contribution < -0.4 is 0 Å². The second-order valence-corrected chi connectivity index (χ2v) is 6.50. The summed E-state index contributed by atoms with van der Waals surface area (Å²) in [5.41, 5.74) is 0.797. The number of nitrogens with zero attached hydrogens (tertiary/aromatic N) is 4. The summed E-state index contributed by atoms with van der Waals surface area (Å²) in [7, 11) is 2.98. The summed E-state index contributed by atoms with van der Waals surface area (Å²) in [6.07, 6.45) is 1.68. The van der Waals surface area contributed by atoms with Crippen molar-refractivity contribution in [3.63, 3.8) is 0 Å². The Morgan fingerprint density at radius 1 is 1.29 bits per heavy atom. The molecular formula is C17H24N4O3.